The van der Waals surface area contributed by atoms with Crippen molar-refractivity contribution >= 4 is 0 Å². The Balaban J connectivity index is 1.63. The van der Waals surface area contributed by atoms with Crippen LogP contribution in [0.25, 0.3) is 0 Å². The van der Waals surface area contributed by atoms with E-state index in [1.807, 2.05) is 36.4 Å². The molecule has 156 valence electrons. The van der Waals surface area contributed by atoms with Gasteiger partial charge < -0.3 is 30.3 Å². The van der Waals surface area contributed by atoms with E-state index in [1.54, 1.807) is 0 Å². The van der Waals surface area contributed by atoms with Crippen LogP contribution in [0.5, 0.6) is 0 Å². The van der Waals surface area contributed by atoms with E-state index in [0.29, 0.717) is 17.9 Å². The van der Waals surface area contributed by atoms with Crippen molar-refractivity contribution in [1.29, 1.82) is 0 Å². The van der Waals surface area contributed by atoms with Crippen molar-refractivity contribution in [2.45, 2.75) is 62.3 Å². The van der Waals surface area contributed by atoms with E-state index in [0.717, 1.165) is 29.5 Å². The third-order valence-electron chi connectivity index (χ3n) is 6.01. The molecule has 2 aromatic rings. The first-order chi connectivity index (χ1) is 14.0. The van der Waals surface area contributed by atoms with Gasteiger partial charge in [-0.3, -0.25) is 0 Å². The van der Waals surface area contributed by atoms with Gasteiger partial charge in [-0.1, -0.05) is 42.5 Å². The summed E-state index contributed by atoms with van der Waals surface area (Å²) in [4.78, 5) is 0. The molecule has 29 heavy (non-hydrogen) atoms. The summed E-state index contributed by atoms with van der Waals surface area (Å²) in [5, 5.41) is 49.3. The first-order valence-corrected chi connectivity index (χ1v) is 10.1. The smallest absolute Gasteiger partial charge is 0.113 e. The summed E-state index contributed by atoms with van der Waals surface area (Å²) in [6.07, 6.45) is -2.74. The second-order valence-corrected chi connectivity index (χ2v) is 8.13. The average Bonchev–Trinajstić information content (AvgIpc) is 3.58. The van der Waals surface area contributed by atoms with Crippen LogP contribution in [0.4, 0.5) is 0 Å². The molecule has 0 unspecified atom stereocenters. The van der Waals surface area contributed by atoms with Crippen LogP contribution in [0, 0.1) is 0 Å². The van der Waals surface area contributed by atoms with Crippen LogP contribution in [0.2, 0.25) is 0 Å². The van der Waals surface area contributed by atoms with Crippen molar-refractivity contribution in [1.82, 2.24) is 0 Å². The van der Waals surface area contributed by atoms with Gasteiger partial charge in [-0.2, -0.15) is 0 Å². The fraction of sp³-hybridized carbons (Fsp3) is 0.478. The normalized spacial score (nSPS) is 29.8. The number of benzene rings is 2. The molecule has 0 amide bonds. The first kappa shape index (κ1) is 20.5. The lowest BCUT2D eigenvalue weighted by atomic mass is 9.88. The highest BCUT2D eigenvalue weighted by molar-refractivity contribution is 5.41. The number of rotatable bonds is 6. The van der Waals surface area contributed by atoms with Crippen molar-refractivity contribution < 1.29 is 30.3 Å². The zero-order valence-corrected chi connectivity index (χ0v) is 16.2. The summed E-state index contributed by atoms with van der Waals surface area (Å²) in [5.41, 5.74) is 5.12. The maximum atomic E-state index is 10.5. The van der Waals surface area contributed by atoms with Gasteiger partial charge in [0.1, 0.15) is 30.5 Å². The van der Waals surface area contributed by atoms with E-state index in [1.165, 1.54) is 5.56 Å². The average molecular weight is 400 g/mol. The molecule has 2 fully saturated rings. The molecular formula is C23H28O6. The van der Waals surface area contributed by atoms with Crippen molar-refractivity contribution in [3.63, 3.8) is 0 Å². The van der Waals surface area contributed by atoms with Gasteiger partial charge in [-0.25, -0.2) is 0 Å². The monoisotopic (exact) mass is 400 g/mol. The zero-order chi connectivity index (χ0) is 20.5. The molecule has 2 aliphatic rings. The van der Waals surface area contributed by atoms with E-state index in [-0.39, 0.29) is 6.61 Å². The summed E-state index contributed by atoms with van der Waals surface area (Å²) in [5.74, 6) is 0.547. The molecule has 0 radical (unpaired) electrons. The van der Waals surface area contributed by atoms with Crippen LogP contribution in [0.1, 0.15) is 52.7 Å². The predicted octanol–water partition coefficient (Wildman–Crippen LogP) is 1.16. The van der Waals surface area contributed by atoms with Gasteiger partial charge in [0.05, 0.1) is 13.2 Å². The van der Waals surface area contributed by atoms with E-state index < -0.39 is 37.1 Å². The molecule has 2 aromatic carbocycles. The van der Waals surface area contributed by atoms with Gasteiger partial charge in [-0.15, -0.1) is 0 Å². The topological polar surface area (TPSA) is 110 Å². The lowest BCUT2D eigenvalue weighted by Gasteiger charge is -2.40. The molecule has 1 saturated carbocycles. The lowest BCUT2D eigenvalue weighted by Crippen LogP contribution is -2.55. The van der Waals surface area contributed by atoms with E-state index >= 15 is 0 Å². The highest BCUT2D eigenvalue weighted by Gasteiger charge is 2.44. The Hall–Kier alpha value is -1.80. The Morgan fingerprint density at radius 2 is 1.52 bits per heavy atom. The van der Waals surface area contributed by atoms with Gasteiger partial charge in [0.25, 0.3) is 0 Å². The predicted molar refractivity (Wildman–Crippen MR) is 106 cm³/mol. The van der Waals surface area contributed by atoms with Crippen molar-refractivity contribution in [3.05, 3.63) is 70.3 Å². The van der Waals surface area contributed by atoms with Crippen LogP contribution >= 0.6 is 0 Å². The minimum Gasteiger partial charge on any atom is -0.394 e. The molecule has 4 rings (SSSR count). The molecule has 0 aromatic heterocycles. The third kappa shape index (κ3) is 4.23. The lowest BCUT2D eigenvalue weighted by molar-refractivity contribution is -0.231. The minimum absolute atomic E-state index is 0.0141. The Bertz CT molecular complexity index is 830. The first-order valence-electron chi connectivity index (χ1n) is 10.1. The quantitative estimate of drug-likeness (QED) is 0.498. The molecule has 0 bridgehead atoms. The Morgan fingerprint density at radius 1 is 0.828 bits per heavy atom. The maximum absolute atomic E-state index is 10.5. The summed E-state index contributed by atoms with van der Waals surface area (Å²) in [6, 6.07) is 13.8. The molecular weight excluding hydrogens is 372 g/mol. The summed E-state index contributed by atoms with van der Waals surface area (Å²) in [6.45, 7) is -0.425. The summed E-state index contributed by atoms with van der Waals surface area (Å²) >= 11 is 0. The van der Waals surface area contributed by atoms with Crippen LogP contribution in [0.15, 0.2) is 42.5 Å². The molecule has 1 saturated heterocycles. The fourth-order valence-electron chi connectivity index (χ4n) is 4.11. The SMILES string of the molecule is OCc1ccc(Cc2cc([C@@H]3O[C@H](CO)[C@@H](O)[C@H](O)[C@H]3O)ccc2C2CC2)cc1. The zero-order valence-electron chi connectivity index (χ0n) is 16.2. The second kappa shape index (κ2) is 8.52. The largest absolute Gasteiger partial charge is 0.394 e. The molecule has 1 heterocycles. The number of aliphatic hydroxyl groups excluding tert-OH is 5. The summed E-state index contributed by atoms with van der Waals surface area (Å²) < 4.78 is 5.73. The summed E-state index contributed by atoms with van der Waals surface area (Å²) in [7, 11) is 0. The van der Waals surface area contributed by atoms with Gasteiger partial charge in [0.15, 0.2) is 0 Å². The van der Waals surface area contributed by atoms with Crippen LogP contribution in [-0.2, 0) is 17.8 Å². The van der Waals surface area contributed by atoms with E-state index in [4.69, 9.17) is 4.74 Å². The number of hydrogen-bond acceptors (Lipinski definition) is 6. The number of hydrogen-bond donors (Lipinski definition) is 5. The Labute approximate surface area is 170 Å². The van der Waals surface area contributed by atoms with Gasteiger partial charge in [-0.05, 0) is 53.0 Å². The Morgan fingerprint density at radius 3 is 2.14 bits per heavy atom. The number of aliphatic hydroxyl groups is 5. The molecule has 5 atom stereocenters. The van der Waals surface area contributed by atoms with Gasteiger partial charge in [0.2, 0.25) is 0 Å². The molecule has 0 spiro atoms. The van der Waals surface area contributed by atoms with Gasteiger partial charge in [0, 0.05) is 0 Å². The standard InChI is InChI=1S/C23H28O6/c24-11-14-3-1-13(2-4-14)9-17-10-16(7-8-18(17)15-5-6-15)23-22(28)21(27)20(26)19(12-25)29-23/h1-4,7-8,10,15,19-28H,5-6,9,11-12H2/t19-,20-,21+,22-,23+/m1/s1. The molecule has 6 nitrogen and oxygen atoms in total. The van der Waals surface area contributed by atoms with Gasteiger partial charge >= 0.3 is 0 Å². The molecule has 6 heteroatoms. The minimum atomic E-state index is -1.39. The fourth-order valence-corrected chi connectivity index (χ4v) is 4.11. The highest BCUT2D eigenvalue weighted by Crippen LogP contribution is 2.43. The number of ether oxygens (including phenoxy) is 1. The van der Waals surface area contributed by atoms with Crippen LogP contribution < -0.4 is 0 Å². The third-order valence-corrected chi connectivity index (χ3v) is 6.01. The van der Waals surface area contributed by atoms with Crippen molar-refractivity contribution in [2.75, 3.05) is 6.61 Å². The van der Waals surface area contributed by atoms with Crippen LogP contribution in [-0.4, -0.2) is 56.6 Å². The van der Waals surface area contributed by atoms with E-state index in [2.05, 4.69) is 6.07 Å². The molecule has 1 aliphatic heterocycles. The Kier molecular flexibility index (Phi) is 6.01. The molecule has 1 aliphatic carbocycles. The van der Waals surface area contributed by atoms with Crippen molar-refractivity contribution in [2.24, 2.45) is 0 Å². The van der Waals surface area contributed by atoms with Crippen LogP contribution in [0.3, 0.4) is 0 Å². The highest BCUT2D eigenvalue weighted by atomic mass is 16.5. The van der Waals surface area contributed by atoms with E-state index in [9.17, 15) is 25.5 Å². The van der Waals surface area contributed by atoms with Crippen molar-refractivity contribution in [3.8, 4) is 0 Å². The second-order valence-electron chi connectivity index (χ2n) is 8.13. The maximum Gasteiger partial charge on any atom is 0.113 e. The molecule has 5 N–H and O–H groups in total.